The van der Waals surface area contributed by atoms with Crippen LogP contribution in [-0.4, -0.2) is 29.7 Å². The lowest BCUT2D eigenvalue weighted by atomic mass is 9.88. The summed E-state index contributed by atoms with van der Waals surface area (Å²) in [5.41, 5.74) is -0.943. The molecular formula is C14H22N2O4. The highest BCUT2D eigenvalue weighted by atomic mass is 16.4. The van der Waals surface area contributed by atoms with E-state index in [0.717, 1.165) is 5.76 Å². The molecule has 0 spiro atoms. The van der Waals surface area contributed by atoms with Crippen LogP contribution < -0.4 is 10.6 Å². The number of furan rings is 1. The molecule has 1 heterocycles. The van der Waals surface area contributed by atoms with E-state index in [2.05, 4.69) is 10.6 Å². The molecule has 1 aromatic heterocycles. The molecule has 6 heteroatoms. The van der Waals surface area contributed by atoms with Crippen LogP contribution in [-0.2, 0) is 11.2 Å². The van der Waals surface area contributed by atoms with Gasteiger partial charge < -0.3 is 20.2 Å². The molecule has 3 N–H and O–H groups in total. The Morgan fingerprint density at radius 1 is 1.50 bits per heavy atom. The molecule has 0 aliphatic carbocycles. The SMILES string of the molecule is CCC(C)(CNC(=O)NC(C)Cc1ccco1)C(=O)O. The number of rotatable bonds is 7. The van der Waals surface area contributed by atoms with Crippen molar-refractivity contribution in [1.82, 2.24) is 10.6 Å². The number of hydrogen-bond acceptors (Lipinski definition) is 3. The topological polar surface area (TPSA) is 91.6 Å². The normalized spacial score (nSPS) is 15.2. The highest BCUT2D eigenvalue weighted by molar-refractivity contribution is 5.77. The Balaban J connectivity index is 2.38. The zero-order valence-corrected chi connectivity index (χ0v) is 12.1. The number of urea groups is 1. The van der Waals surface area contributed by atoms with E-state index < -0.39 is 11.4 Å². The molecule has 0 bridgehead atoms. The van der Waals surface area contributed by atoms with Gasteiger partial charge in [-0.25, -0.2) is 4.79 Å². The summed E-state index contributed by atoms with van der Waals surface area (Å²) < 4.78 is 5.20. The number of nitrogens with one attached hydrogen (secondary N) is 2. The van der Waals surface area contributed by atoms with Crippen molar-refractivity contribution >= 4 is 12.0 Å². The lowest BCUT2D eigenvalue weighted by Gasteiger charge is -2.24. The molecule has 112 valence electrons. The minimum absolute atomic E-state index is 0.0954. The fourth-order valence-electron chi connectivity index (χ4n) is 1.68. The molecule has 2 atom stereocenters. The number of carbonyl (C=O) groups excluding carboxylic acids is 1. The van der Waals surface area contributed by atoms with E-state index in [-0.39, 0.29) is 18.6 Å². The Morgan fingerprint density at radius 3 is 2.70 bits per heavy atom. The molecule has 0 saturated heterocycles. The molecule has 0 radical (unpaired) electrons. The molecule has 0 fully saturated rings. The van der Waals surface area contributed by atoms with Gasteiger partial charge in [-0.1, -0.05) is 6.92 Å². The summed E-state index contributed by atoms with van der Waals surface area (Å²) in [5.74, 6) is -0.120. The standard InChI is InChI=1S/C14H22N2O4/c1-4-14(3,12(17)18)9-15-13(19)16-10(2)8-11-6-5-7-20-11/h5-7,10H,4,8-9H2,1-3H3,(H,17,18)(H2,15,16,19). The molecule has 0 saturated carbocycles. The van der Waals surface area contributed by atoms with E-state index in [0.29, 0.717) is 12.8 Å². The van der Waals surface area contributed by atoms with Crippen LogP contribution in [0.15, 0.2) is 22.8 Å². The first kappa shape index (κ1) is 16.1. The third kappa shape index (κ3) is 4.60. The fourth-order valence-corrected chi connectivity index (χ4v) is 1.68. The van der Waals surface area contributed by atoms with Crippen molar-refractivity contribution in [1.29, 1.82) is 0 Å². The molecule has 6 nitrogen and oxygen atoms in total. The van der Waals surface area contributed by atoms with E-state index in [9.17, 15) is 9.59 Å². The molecular weight excluding hydrogens is 260 g/mol. The van der Waals surface area contributed by atoms with Crippen LogP contribution in [0.3, 0.4) is 0 Å². The second-order valence-electron chi connectivity index (χ2n) is 5.23. The van der Waals surface area contributed by atoms with Crippen molar-refractivity contribution in [2.75, 3.05) is 6.54 Å². The number of amides is 2. The van der Waals surface area contributed by atoms with Gasteiger partial charge in [0.15, 0.2) is 0 Å². The van der Waals surface area contributed by atoms with Gasteiger partial charge in [0.25, 0.3) is 0 Å². The highest BCUT2D eigenvalue weighted by Crippen LogP contribution is 2.19. The Morgan fingerprint density at radius 2 is 2.20 bits per heavy atom. The number of hydrogen-bond donors (Lipinski definition) is 3. The molecule has 2 unspecified atom stereocenters. The third-order valence-corrected chi connectivity index (χ3v) is 3.40. The van der Waals surface area contributed by atoms with Crippen LogP contribution in [0, 0.1) is 5.41 Å². The van der Waals surface area contributed by atoms with Gasteiger partial charge >= 0.3 is 12.0 Å². The highest BCUT2D eigenvalue weighted by Gasteiger charge is 2.31. The van der Waals surface area contributed by atoms with Crippen molar-refractivity contribution in [3.8, 4) is 0 Å². The Hall–Kier alpha value is -1.98. The quantitative estimate of drug-likeness (QED) is 0.713. The molecule has 0 aliphatic rings. The van der Waals surface area contributed by atoms with Crippen LogP contribution in [0.1, 0.15) is 33.0 Å². The average Bonchev–Trinajstić information content (AvgIpc) is 2.88. The minimum Gasteiger partial charge on any atom is -0.481 e. The van der Waals surface area contributed by atoms with Crippen LogP contribution in [0.2, 0.25) is 0 Å². The average molecular weight is 282 g/mol. The molecule has 20 heavy (non-hydrogen) atoms. The van der Waals surface area contributed by atoms with E-state index in [1.807, 2.05) is 13.0 Å². The molecule has 1 rings (SSSR count). The summed E-state index contributed by atoms with van der Waals surface area (Å²) in [7, 11) is 0. The van der Waals surface area contributed by atoms with Gasteiger partial charge in [0.2, 0.25) is 0 Å². The third-order valence-electron chi connectivity index (χ3n) is 3.40. The second-order valence-corrected chi connectivity index (χ2v) is 5.23. The van der Waals surface area contributed by atoms with Crippen molar-refractivity contribution in [3.63, 3.8) is 0 Å². The number of carbonyl (C=O) groups is 2. The Kier molecular flexibility index (Phi) is 5.61. The van der Waals surface area contributed by atoms with Gasteiger partial charge in [-0.15, -0.1) is 0 Å². The van der Waals surface area contributed by atoms with Crippen LogP contribution in [0.25, 0.3) is 0 Å². The summed E-state index contributed by atoms with van der Waals surface area (Å²) in [6, 6.07) is 3.17. The summed E-state index contributed by atoms with van der Waals surface area (Å²) in [4.78, 5) is 22.8. The van der Waals surface area contributed by atoms with Gasteiger partial charge in [-0.2, -0.15) is 0 Å². The maximum absolute atomic E-state index is 11.7. The minimum atomic E-state index is -0.943. The zero-order valence-electron chi connectivity index (χ0n) is 12.1. The fraction of sp³-hybridized carbons (Fsp3) is 0.571. The maximum atomic E-state index is 11.7. The first-order chi connectivity index (χ1) is 9.37. The van der Waals surface area contributed by atoms with Crippen molar-refractivity contribution < 1.29 is 19.1 Å². The lowest BCUT2D eigenvalue weighted by Crippen LogP contribution is -2.47. The van der Waals surface area contributed by atoms with Crippen LogP contribution >= 0.6 is 0 Å². The van der Waals surface area contributed by atoms with E-state index in [4.69, 9.17) is 9.52 Å². The van der Waals surface area contributed by atoms with Gasteiger partial charge in [-0.3, -0.25) is 4.79 Å². The predicted molar refractivity (Wildman–Crippen MR) is 74.4 cm³/mol. The van der Waals surface area contributed by atoms with Gasteiger partial charge in [0.05, 0.1) is 11.7 Å². The number of aliphatic carboxylic acids is 1. The predicted octanol–water partition coefficient (Wildman–Crippen LogP) is 2.01. The first-order valence-corrected chi connectivity index (χ1v) is 6.67. The Labute approximate surface area is 118 Å². The largest absolute Gasteiger partial charge is 0.481 e. The van der Waals surface area contributed by atoms with E-state index in [1.165, 1.54) is 0 Å². The smallest absolute Gasteiger partial charge is 0.315 e. The number of carboxylic acid groups (broad SMARTS) is 1. The van der Waals surface area contributed by atoms with Crippen LogP contribution in [0.5, 0.6) is 0 Å². The Bertz CT molecular complexity index is 444. The van der Waals surface area contributed by atoms with Gasteiger partial charge in [-0.05, 0) is 32.4 Å². The molecule has 1 aromatic rings. The maximum Gasteiger partial charge on any atom is 0.315 e. The molecule has 0 aliphatic heterocycles. The number of carboxylic acids is 1. The van der Waals surface area contributed by atoms with E-state index >= 15 is 0 Å². The molecule has 0 aromatic carbocycles. The summed E-state index contributed by atoms with van der Waals surface area (Å²) in [5, 5.41) is 14.5. The summed E-state index contributed by atoms with van der Waals surface area (Å²) in [6.45, 7) is 5.35. The zero-order chi connectivity index (χ0) is 15.2. The van der Waals surface area contributed by atoms with Gasteiger partial charge in [0.1, 0.15) is 5.76 Å². The molecule has 2 amide bonds. The lowest BCUT2D eigenvalue weighted by molar-refractivity contribution is -0.147. The first-order valence-electron chi connectivity index (χ1n) is 6.67. The van der Waals surface area contributed by atoms with Crippen molar-refractivity contribution in [2.45, 2.75) is 39.7 Å². The summed E-state index contributed by atoms with van der Waals surface area (Å²) in [6.07, 6.45) is 2.62. The van der Waals surface area contributed by atoms with Gasteiger partial charge in [0, 0.05) is 19.0 Å². The van der Waals surface area contributed by atoms with Crippen molar-refractivity contribution in [2.24, 2.45) is 5.41 Å². The summed E-state index contributed by atoms with van der Waals surface area (Å²) >= 11 is 0. The second kappa shape index (κ2) is 6.98. The van der Waals surface area contributed by atoms with Crippen LogP contribution in [0.4, 0.5) is 4.79 Å². The monoisotopic (exact) mass is 282 g/mol. The van der Waals surface area contributed by atoms with Crippen molar-refractivity contribution in [3.05, 3.63) is 24.2 Å². The van der Waals surface area contributed by atoms with E-state index in [1.54, 1.807) is 26.2 Å².